The SMILES string of the molecule is C#Cc1c(OC(F)(F)F)ccc2cc(-c3ccc(C4CCC(CCCC)CC4)cc3)ccc12. The number of halogens is 3. The number of rotatable bonds is 6. The van der Waals surface area contributed by atoms with Crippen LogP contribution in [0.5, 0.6) is 5.75 Å². The van der Waals surface area contributed by atoms with E-state index in [1.807, 2.05) is 12.1 Å². The summed E-state index contributed by atoms with van der Waals surface area (Å²) < 4.78 is 42.2. The zero-order valence-electron chi connectivity index (χ0n) is 18.9. The maximum atomic E-state index is 12.7. The molecule has 3 aromatic carbocycles. The first-order chi connectivity index (χ1) is 15.9. The molecule has 3 aromatic rings. The molecule has 1 aliphatic rings. The molecule has 0 radical (unpaired) electrons. The number of unbranched alkanes of at least 4 members (excludes halogenated alkanes) is 1. The quantitative estimate of drug-likeness (QED) is 0.341. The first-order valence-electron chi connectivity index (χ1n) is 11.8. The highest BCUT2D eigenvalue weighted by Gasteiger charge is 2.32. The summed E-state index contributed by atoms with van der Waals surface area (Å²) in [4.78, 5) is 0. The molecule has 1 fully saturated rings. The molecule has 4 rings (SSSR count). The number of ether oxygens (including phenoxy) is 1. The minimum absolute atomic E-state index is 0.112. The molecule has 0 unspecified atom stereocenters. The van der Waals surface area contributed by atoms with E-state index >= 15 is 0 Å². The standard InChI is InChI=1S/C29H29F3O/c1-3-5-6-20-7-9-21(10-8-20)22-11-13-23(14-12-22)24-15-17-27-25(19-24)16-18-28(26(27)4-2)33-29(30,31)32/h2,11-21H,3,5-10H2,1H3. The van der Waals surface area contributed by atoms with Crippen molar-refractivity contribution in [3.63, 3.8) is 0 Å². The Bertz CT molecular complexity index is 1130. The molecule has 0 bridgehead atoms. The molecule has 0 aliphatic heterocycles. The van der Waals surface area contributed by atoms with Gasteiger partial charge in [0, 0.05) is 5.39 Å². The fourth-order valence-electron chi connectivity index (χ4n) is 5.07. The molecular weight excluding hydrogens is 421 g/mol. The lowest BCUT2D eigenvalue weighted by atomic mass is 9.77. The van der Waals surface area contributed by atoms with Crippen molar-refractivity contribution in [3.8, 4) is 29.2 Å². The average molecular weight is 451 g/mol. The van der Waals surface area contributed by atoms with Crippen LogP contribution in [-0.4, -0.2) is 6.36 Å². The zero-order chi connectivity index (χ0) is 23.4. The fraction of sp³-hybridized carbons (Fsp3) is 0.379. The number of fused-ring (bicyclic) bond motifs is 1. The topological polar surface area (TPSA) is 9.23 Å². The van der Waals surface area contributed by atoms with E-state index in [1.54, 1.807) is 12.1 Å². The second-order valence-corrected chi connectivity index (χ2v) is 9.05. The van der Waals surface area contributed by atoms with Gasteiger partial charge < -0.3 is 4.74 Å². The Morgan fingerprint density at radius 2 is 1.64 bits per heavy atom. The largest absolute Gasteiger partial charge is 0.573 e. The second-order valence-electron chi connectivity index (χ2n) is 9.05. The summed E-state index contributed by atoms with van der Waals surface area (Å²) in [6.07, 6.45) is 9.90. The van der Waals surface area contributed by atoms with Crippen LogP contribution in [0.25, 0.3) is 21.9 Å². The van der Waals surface area contributed by atoms with E-state index in [9.17, 15) is 13.2 Å². The smallest absolute Gasteiger partial charge is 0.404 e. The molecule has 0 atom stereocenters. The number of hydrogen-bond donors (Lipinski definition) is 0. The van der Waals surface area contributed by atoms with Gasteiger partial charge in [-0.3, -0.25) is 0 Å². The van der Waals surface area contributed by atoms with Gasteiger partial charge in [0.1, 0.15) is 5.75 Å². The van der Waals surface area contributed by atoms with Crippen molar-refractivity contribution in [3.05, 3.63) is 65.7 Å². The highest BCUT2D eigenvalue weighted by Crippen LogP contribution is 2.39. The van der Waals surface area contributed by atoms with E-state index in [1.165, 1.54) is 56.6 Å². The summed E-state index contributed by atoms with van der Waals surface area (Å²) in [5, 5.41) is 1.35. The van der Waals surface area contributed by atoms with Crippen molar-refractivity contribution < 1.29 is 17.9 Å². The van der Waals surface area contributed by atoms with Crippen LogP contribution in [0.3, 0.4) is 0 Å². The minimum atomic E-state index is -4.78. The predicted molar refractivity (Wildman–Crippen MR) is 128 cm³/mol. The van der Waals surface area contributed by atoms with E-state index in [2.05, 4.69) is 41.8 Å². The van der Waals surface area contributed by atoms with Crippen LogP contribution >= 0.6 is 0 Å². The lowest BCUT2D eigenvalue weighted by Gasteiger charge is -2.29. The number of benzene rings is 3. The van der Waals surface area contributed by atoms with Crippen molar-refractivity contribution in [2.24, 2.45) is 5.92 Å². The third-order valence-electron chi connectivity index (χ3n) is 6.88. The molecule has 4 heteroatoms. The van der Waals surface area contributed by atoms with Crippen LogP contribution in [0, 0.1) is 18.3 Å². The van der Waals surface area contributed by atoms with Gasteiger partial charge in [-0.2, -0.15) is 0 Å². The van der Waals surface area contributed by atoms with Crippen LogP contribution < -0.4 is 4.74 Å². The molecule has 0 heterocycles. The van der Waals surface area contributed by atoms with Gasteiger partial charge in [0.25, 0.3) is 0 Å². The van der Waals surface area contributed by atoms with Gasteiger partial charge in [-0.1, -0.05) is 74.6 Å². The van der Waals surface area contributed by atoms with Crippen LogP contribution in [0.2, 0.25) is 0 Å². The molecule has 0 saturated heterocycles. The zero-order valence-corrected chi connectivity index (χ0v) is 18.9. The number of terminal acetylenes is 1. The Kier molecular flexibility index (Phi) is 6.98. The molecule has 1 aliphatic carbocycles. The average Bonchev–Trinajstić information content (AvgIpc) is 2.82. The fourth-order valence-corrected chi connectivity index (χ4v) is 5.07. The maximum Gasteiger partial charge on any atom is 0.573 e. The minimum Gasteiger partial charge on any atom is -0.404 e. The molecule has 0 amide bonds. The summed E-state index contributed by atoms with van der Waals surface area (Å²) in [7, 11) is 0. The summed E-state index contributed by atoms with van der Waals surface area (Å²) in [6.45, 7) is 2.26. The summed E-state index contributed by atoms with van der Waals surface area (Å²) in [5.41, 5.74) is 3.60. The van der Waals surface area contributed by atoms with Gasteiger partial charge in [0.05, 0.1) is 5.56 Å². The van der Waals surface area contributed by atoms with Crippen molar-refractivity contribution in [2.45, 2.75) is 64.1 Å². The van der Waals surface area contributed by atoms with Crippen molar-refractivity contribution in [1.29, 1.82) is 0 Å². The molecule has 1 nitrogen and oxygen atoms in total. The Morgan fingerprint density at radius 3 is 2.27 bits per heavy atom. The van der Waals surface area contributed by atoms with Crippen molar-refractivity contribution >= 4 is 10.8 Å². The monoisotopic (exact) mass is 450 g/mol. The number of alkyl halides is 3. The molecule has 1 saturated carbocycles. The summed E-state index contributed by atoms with van der Waals surface area (Å²) in [6, 6.07) is 17.3. The Balaban J connectivity index is 1.51. The highest BCUT2D eigenvalue weighted by molar-refractivity contribution is 5.93. The van der Waals surface area contributed by atoms with Gasteiger partial charge in [0.2, 0.25) is 0 Å². The molecule has 0 aromatic heterocycles. The summed E-state index contributed by atoms with van der Waals surface area (Å²) in [5.74, 6) is 3.54. The van der Waals surface area contributed by atoms with Gasteiger partial charge in [-0.25, -0.2) is 0 Å². The van der Waals surface area contributed by atoms with Gasteiger partial charge >= 0.3 is 6.36 Å². The normalized spacial score (nSPS) is 18.8. The Labute approximate surface area is 194 Å². The lowest BCUT2D eigenvalue weighted by Crippen LogP contribution is -2.17. The Hall–Kier alpha value is -2.93. The van der Waals surface area contributed by atoms with E-state index in [0.29, 0.717) is 11.3 Å². The second kappa shape index (κ2) is 9.91. The molecule has 172 valence electrons. The van der Waals surface area contributed by atoms with Crippen LogP contribution in [0.4, 0.5) is 13.2 Å². The third-order valence-corrected chi connectivity index (χ3v) is 6.88. The first kappa shape index (κ1) is 23.2. The third kappa shape index (κ3) is 5.53. The van der Waals surface area contributed by atoms with Crippen LogP contribution in [-0.2, 0) is 0 Å². The van der Waals surface area contributed by atoms with Crippen LogP contribution in [0.15, 0.2) is 54.6 Å². The first-order valence-corrected chi connectivity index (χ1v) is 11.8. The predicted octanol–water partition coefficient (Wildman–Crippen LogP) is 8.85. The molecular formula is C29H29F3O. The molecule has 0 spiro atoms. The molecule has 33 heavy (non-hydrogen) atoms. The lowest BCUT2D eigenvalue weighted by molar-refractivity contribution is -0.274. The Morgan fingerprint density at radius 1 is 0.939 bits per heavy atom. The van der Waals surface area contributed by atoms with Crippen molar-refractivity contribution in [1.82, 2.24) is 0 Å². The maximum absolute atomic E-state index is 12.7. The number of hydrogen-bond acceptors (Lipinski definition) is 1. The van der Waals surface area contributed by atoms with E-state index in [-0.39, 0.29) is 11.3 Å². The molecule has 0 N–H and O–H groups in total. The summed E-state index contributed by atoms with van der Waals surface area (Å²) >= 11 is 0. The van der Waals surface area contributed by atoms with Crippen molar-refractivity contribution in [2.75, 3.05) is 0 Å². The van der Waals surface area contributed by atoms with Gasteiger partial charge in [0.15, 0.2) is 0 Å². The van der Waals surface area contributed by atoms with E-state index in [4.69, 9.17) is 6.42 Å². The van der Waals surface area contributed by atoms with Gasteiger partial charge in [-0.15, -0.1) is 19.6 Å². The highest BCUT2D eigenvalue weighted by atomic mass is 19.4. The van der Waals surface area contributed by atoms with E-state index < -0.39 is 6.36 Å². The van der Waals surface area contributed by atoms with Crippen LogP contribution in [0.1, 0.15) is 68.9 Å². The van der Waals surface area contributed by atoms with E-state index in [0.717, 1.165) is 22.4 Å². The van der Waals surface area contributed by atoms with Gasteiger partial charge in [-0.05, 0) is 71.7 Å².